The van der Waals surface area contributed by atoms with Crippen molar-refractivity contribution in [2.75, 3.05) is 19.8 Å². The number of ether oxygens (including phenoxy) is 2. The number of nitrogens with zero attached hydrogens (tertiary/aromatic N) is 2. The van der Waals surface area contributed by atoms with Crippen LogP contribution in [0, 0.1) is 0 Å². The fourth-order valence-corrected chi connectivity index (χ4v) is 3.04. The third-order valence-corrected chi connectivity index (χ3v) is 4.29. The Balaban J connectivity index is 1.75. The maximum Gasteiger partial charge on any atom is 0.246 e. The Kier molecular flexibility index (Phi) is 5.89. The van der Waals surface area contributed by atoms with Gasteiger partial charge in [-0.15, -0.1) is 0 Å². The molecule has 5 heteroatoms. The molecule has 0 unspecified atom stereocenters. The largest absolute Gasteiger partial charge is 0.490 e. The van der Waals surface area contributed by atoms with E-state index in [1.807, 2.05) is 36.9 Å². The molecule has 1 aliphatic heterocycles. The fourth-order valence-electron chi connectivity index (χ4n) is 3.04. The van der Waals surface area contributed by atoms with Crippen LogP contribution in [-0.2, 0) is 17.8 Å². The minimum absolute atomic E-state index is 0.00588. The van der Waals surface area contributed by atoms with Crippen molar-refractivity contribution in [1.29, 1.82) is 0 Å². The van der Waals surface area contributed by atoms with E-state index in [0.29, 0.717) is 26.3 Å². The van der Waals surface area contributed by atoms with Crippen LogP contribution in [-0.4, -0.2) is 35.5 Å². The highest BCUT2D eigenvalue weighted by Gasteiger charge is 2.21. The van der Waals surface area contributed by atoms with Crippen molar-refractivity contribution < 1.29 is 14.3 Å². The molecule has 0 saturated carbocycles. The summed E-state index contributed by atoms with van der Waals surface area (Å²) in [5, 5.41) is 0. The zero-order valence-corrected chi connectivity index (χ0v) is 15.3. The van der Waals surface area contributed by atoms with Crippen molar-refractivity contribution in [1.82, 2.24) is 9.88 Å². The summed E-state index contributed by atoms with van der Waals surface area (Å²) in [6.07, 6.45) is 7.68. The quantitative estimate of drug-likeness (QED) is 0.747. The molecule has 0 aliphatic carbocycles. The number of pyridine rings is 1. The van der Waals surface area contributed by atoms with E-state index in [0.717, 1.165) is 29.0 Å². The Morgan fingerprint density at radius 3 is 2.58 bits per heavy atom. The lowest BCUT2D eigenvalue weighted by Crippen LogP contribution is -2.34. The molecule has 0 saturated heterocycles. The highest BCUT2D eigenvalue weighted by atomic mass is 16.5. The van der Waals surface area contributed by atoms with Crippen LogP contribution in [0.25, 0.3) is 6.08 Å². The van der Waals surface area contributed by atoms with Crippen LogP contribution in [0.3, 0.4) is 0 Å². The zero-order valence-electron chi connectivity index (χ0n) is 15.3. The van der Waals surface area contributed by atoms with Crippen molar-refractivity contribution >= 4 is 12.0 Å². The Morgan fingerprint density at radius 1 is 1.19 bits per heavy atom. The number of fused-ring (bicyclic) bond motifs is 1. The molecule has 0 N–H and O–H groups in total. The van der Waals surface area contributed by atoms with Gasteiger partial charge in [-0.1, -0.05) is 6.07 Å². The molecule has 2 aromatic rings. The van der Waals surface area contributed by atoms with Crippen LogP contribution in [0.15, 0.2) is 42.7 Å². The van der Waals surface area contributed by atoms with Crippen LogP contribution >= 0.6 is 0 Å². The minimum Gasteiger partial charge on any atom is -0.490 e. The van der Waals surface area contributed by atoms with Crippen molar-refractivity contribution in [3.8, 4) is 11.5 Å². The lowest BCUT2D eigenvalue weighted by Gasteiger charge is -2.29. The smallest absolute Gasteiger partial charge is 0.246 e. The highest BCUT2D eigenvalue weighted by molar-refractivity contribution is 5.91. The van der Waals surface area contributed by atoms with Crippen LogP contribution in [0.5, 0.6) is 11.5 Å². The normalized spacial score (nSPS) is 13.5. The third kappa shape index (κ3) is 4.23. The average Bonchev–Trinajstić information content (AvgIpc) is 2.67. The topological polar surface area (TPSA) is 51.7 Å². The van der Waals surface area contributed by atoms with Crippen LogP contribution in [0.2, 0.25) is 0 Å². The molecule has 1 aliphatic rings. The van der Waals surface area contributed by atoms with Gasteiger partial charge < -0.3 is 14.4 Å². The monoisotopic (exact) mass is 352 g/mol. The maximum atomic E-state index is 12.5. The summed E-state index contributed by atoms with van der Waals surface area (Å²) in [4.78, 5) is 18.4. The molecule has 3 rings (SSSR count). The van der Waals surface area contributed by atoms with Gasteiger partial charge in [0.05, 0.1) is 13.2 Å². The lowest BCUT2D eigenvalue weighted by atomic mass is 9.98. The van der Waals surface area contributed by atoms with Gasteiger partial charge in [0.2, 0.25) is 5.91 Å². The second-order valence-corrected chi connectivity index (χ2v) is 6.06. The summed E-state index contributed by atoms with van der Waals surface area (Å²) in [7, 11) is 0. The summed E-state index contributed by atoms with van der Waals surface area (Å²) >= 11 is 0. The highest BCUT2D eigenvalue weighted by Crippen LogP contribution is 2.34. The number of carbonyl (C=O) groups excluding carboxylic acids is 1. The van der Waals surface area contributed by atoms with Gasteiger partial charge in [-0.05, 0) is 61.2 Å². The fraction of sp³-hybridized carbons (Fsp3) is 0.333. The van der Waals surface area contributed by atoms with E-state index in [2.05, 4.69) is 11.1 Å². The van der Waals surface area contributed by atoms with E-state index in [-0.39, 0.29) is 5.91 Å². The summed E-state index contributed by atoms with van der Waals surface area (Å²) in [6.45, 7) is 6.37. The Morgan fingerprint density at radius 2 is 1.92 bits per heavy atom. The molecule has 0 fully saturated rings. The molecule has 0 atom stereocenters. The second kappa shape index (κ2) is 8.52. The molecule has 1 aromatic carbocycles. The summed E-state index contributed by atoms with van der Waals surface area (Å²) in [5.41, 5.74) is 3.25. The predicted molar refractivity (Wildman–Crippen MR) is 101 cm³/mol. The maximum absolute atomic E-state index is 12.5. The van der Waals surface area contributed by atoms with Crippen molar-refractivity contribution in [3.63, 3.8) is 0 Å². The summed E-state index contributed by atoms with van der Waals surface area (Å²) in [5.74, 6) is 1.53. The van der Waals surface area contributed by atoms with Gasteiger partial charge in [-0.25, -0.2) is 0 Å². The number of hydrogen-bond donors (Lipinski definition) is 0. The first-order valence-corrected chi connectivity index (χ1v) is 8.99. The average molecular weight is 352 g/mol. The van der Waals surface area contributed by atoms with E-state index >= 15 is 0 Å². The first-order chi connectivity index (χ1) is 12.7. The number of aromatic nitrogens is 1. The molecule has 136 valence electrons. The molecular formula is C21H24N2O3. The van der Waals surface area contributed by atoms with Gasteiger partial charge in [-0.3, -0.25) is 9.78 Å². The number of rotatable bonds is 6. The van der Waals surface area contributed by atoms with E-state index in [9.17, 15) is 4.79 Å². The predicted octanol–water partition coefficient (Wildman–Crippen LogP) is 3.48. The van der Waals surface area contributed by atoms with E-state index in [1.165, 1.54) is 5.56 Å². The third-order valence-electron chi connectivity index (χ3n) is 4.29. The second-order valence-electron chi connectivity index (χ2n) is 6.06. The first kappa shape index (κ1) is 18.0. The minimum atomic E-state index is 0.00588. The summed E-state index contributed by atoms with van der Waals surface area (Å²) in [6, 6.07) is 7.84. The number of hydrogen-bond acceptors (Lipinski definition) is 4. The molecule has 1 aromatic heterocycles. The number of amides is 1. The molecule has 0 radical (unpaired) electrons. The molecule has 26 heavy (non-hydrogen) atoms. The summed E-state index contributed by atoms with van der Waals surface area (Å²) < 4.78 is 11.4. The molecule has 1 amide bonds. The molecule has 0 spiro atoms. The van der Waals surface area contributed by atoms with Gasteiger partial charge in [0.15, 0.2) is 11.5 Å². The number of benzene rings is 1. The molecule has 0 bridgehead atoms. The van der Waals surface area contributed by atoms with Crippen molar-refractivity contribution in [3.05, 3.63) is 59.4 Å². The van der Waals surface area contributed by atoms with Crippen molar-refractivity contribution in [2.24, 2.45) is 0 Å². The van der Waals surface area contributed by atoms with E-state index in [1.54, 1.807) is 24.5 Å². The molecular weight excluding hydrogens is 328 g/mol. The zero-order chi connectivity index (χ0) is 18.4. The number of carbonyl (C=O) groups is 1. The van der Waals surface area contributed by atoms with E-state index in [4.69, 9.17) is 9.47 Å². The van der Waals surface area contributed by atoms with Crippen LogP contribution < -0.4 is 9.47 Å². The Labute approximate surface area is 154 Å². The van der Waals surface area contributed by atoms with Crippen LogP contribution in [0.4, 0.5) is 0 Å². The Bertz CT molecular complexity index is 787. The van der Waals surface area contributed by atoms with Gasteiger partial charge in [0, 0.05) is 31.6 Å². The lowest BCUT2D eigenvalue weighted by molar-refractivity contribution is -0.126. The molecule has 5 nitrogen and oxygen atoms in total. The van der Waals surface area contributed by atoms with Gasteiger partial charge >= 0.3 is 0 Å². The Hall–Kier alpha value is -2.82. The molecule has 2 heterocycles. The van der Waals surface area contributed by atoms with Crippen molar-refractivity contribution in [2.45, 2.75) is 26.8 Å². The van der Waals surface area contributed by atoms with Crippen LogP contribution in [0.1, 0.15) is 30.5 Å². The van der Waals surface area contributed by atoms with Gasteiger partial charge in [0.1, 0.15) is 0 Å². The van der Waals surface area contributed by atoms with E-state index < -0.39 is 0 Å². The SMILES string of the molecule is CCOc1cc2c(cc1OCC)CN(C(=O)/C=C/c1cccnc1)CC2. The first-order valence-electron chi connectivity index (χ1n) is 8.99. The standard InChI is InChI=1S/C21H24N2O3/c1-3-25-19-12-17-9-11-23(15-18(17)13-20(19)26-4-2)21(24)8-7-16-6-5-10-22-14-16/h5-8,10,12-14H,3-4,9,11,15H2,1-2H3/b8-7+. The van der Waals surface area contributed by atoms with Gasteiger partial charge in [-0.2, -0.15) is 0 Å². The van der Waals surface area contributed by atoms with Gasteiger partial charge in [0.25, 0.3) is 0 Å².